The molecule has 0 bridgehead atoms. The fraction of sp³-hybridized carbons (Fsp3) is 0.179. The first-order chi connectivity index (χ1) is 17.8. The molecule has 2 aromatic carbocycles. The number of H-pyrrole nitrogens is 1. The third-order valence-electron chi connectivity index (χ3n) is 6.14. The van der Waals surface area contributed by atoms with E-state index in [0.717, 1.165) is 52.3 Å². The minimum atomic E-state index is -4.41. The highest BCUT2D eigenvalue weighted by Crippen LogP contribution is 2.30. The average Bonchev–Trinajstić information content (AvgIpc) is 3.35. The first-order valence-electron chi connectivity index (χ1n) is 11.7. The summed E-state index contributed by atoms with van der Waals surface area (Å²) in [6.07, 6.45) is -1.93. The van der Waals surface area contributed by atoms with E-state index in [4.69, 9.17) is 4.84 Å². The van der Waals surface area contributed by atoms with Gasteiger partial charge in [-0.25, -0.2) is 0 Å². The standard InChI is InChI=1S/C28H23F3N4O2/c1-17(35-37-16-18-4-2-7-22(12-18)28(29,30)31)19-5-3-6-20(13-19)25-14-21(8-10-32-25)26-15-23-24(34-26)9-11-33-27(23)36/h2-8,10,12-15,34H,9,11,16H2,1H3,(H,33,36). The first-order valence-corrected chi connectivity index (χ1v) is 11.7. The van der Waals surface area contributed by atoms with E-state index in [0.29, 0.717) is 23.4 Å². The van der Waals surface area contributed by atoms with Gasteiger partial charge < -0.3 is 15.1 Å². The number of nitrogens with one attached hydrogen (secondary N) is 2. The van der Waals surface area contributed by atoms with Gasteiger partial charge in [0.1, 0.15) is 6.61 Å². The summed E-state index contributed by atoms with van der Waals surface area (Å²) in [5.41, 5.74) is 5.98. The zero-order chi connectivity index (χ0) is 26.0. The maximum Gasteiger partial charge on any atom is 0.416 e. The van der Waals surface area contributed by atoms with Crippen molar-refractivity contribution in [2.24, 2.45) is 5.16 Å². The summed E-state index contributed by atoms with van der Waals surface area (Å²) < 4.78 is 38.8. The monoisotopic (exact) mass is 504 g/mol. The number of rotatable bonds is 6. The highest BCUT2D eigenvalue weighted by molar-refractivity contribution is 5.99. The van der Waals surface area contributed by atoms with E-state index in [1.807, 2.05) is 42.5 Å². The van der Waals surface area contributed by atoms with E-state index in [-0.39, 0.29) is 12.5 Å². The Morgan fingerprint density at radius 2 is 1.89 bits per heavy atom. The number of aromatic nitrogens is 2. The van der Waals surface area contributed by atoms with Crippen LogP contribution in [-0.2, 0) is 24.0 Å². The Hall–Kier alpha value is -4.40. The van der Waals surface area contributed by atoms with Gasteiger partial charge in [-0.1, -0.05) is 35.5 Å². The van der Waals surface area contributed by atoms with Crippen molar-refractivity contribution in [1.82, 2.24) is 15.3 Å². The molecule has 0 fully saturated rings. The molecule has 0 saturated carbocycles. The molecule has 0 spiro atoms. The molecular formula is C28H23F3N4O2. The molecule has 9 heteroatoms. The van der Waals surface area contributed by atoms with Crippen LogP contribution in [0.2, 0.25) is 0 Å². The molecule has 4 aromatic rings. The molecule has 5 rings (SSSR count). The largest absolute Gasteiger partial charge is 0.416 e. The Morgan fingerprint density at radius 3 is 2.70 bits per heavy atom. The molecule has 0 unspecified atom stereocenters. The van der Waals surface area contributed by atoms with Crippen LogP contribution in [0.5, 0.6) is 0 Å². The maximum absolute atomic E-state index is 12.9. The summed E-state index contributed by atoms with van der Waals surface area (Å²) in [6, 6.07) is 18.3. The fourth-order valence-corrected chi connectivity index (χ4v) is 4.20. The van der Waals surface area contributed by atoms with E-state index in [2.05, 4.69) is 20.4 Å². The number of benzene rings is 2. The minimum Gasteiger partial charge on any atom is -0.391 e. The Bertz CT molecular complexity index is 1490. The van der Waals surface area contributed by atoms with Crippen LogP contribution in [0, 0.1) is 0 Å². The highest BCUT2D eigenvalue weighted by Gasteiger charge is 2.30. The van der Waals surface area contributed by atoms with Gasteiger partial charge in [0.15, 0.2) is 0 Å². The van der Waals surface area contributed by atoms with Crippen LogP contribution in [0.4, 0.5) is 13.2 Å². The summed E-state index contributed by atoms with van der Waals surface area (Å²) in [7, 11) is 0. The molecular weight excluding hydrogens is 481 g/mol. The molecule has 0 radical (unpaired) electrons. The van der Waals surface area contributed by atoms with Gasteiger partial charge >= 0.3 is 6.18 Å². The van der Waals surface area contributed by atoms with Gasteiger partial charge in [0.2, 0.25) is 0 Å². The molecule has 37 heavy (non-hydrogen) atoms. The van der Waals surface area contributed by atoms with Crippen LogP contribution in [0.15, 0.2) is 78.1 Å². The number of nitrogens with zero attached hydrogens (tertiary/aromatic N) is 2. The second-order valence-corrected chi connectivity index (χ2v) is 8.74. The predicted octanol–water partition coefficient (Wildman–Crippen LogP) is 5.99. The van der Waals surface area contributed by atoms with E-state index < -0.39 is 11.7 Å². The van der Waals surface area contributed by atoms with E-state index in [9.17, 15) is 18.0 Å². The highest BCUT2D eigenvalue weighted by atomic mass is 19.4. The number of hydrogen-bond acceptors (Lipinski definition) is 4. The summed E-state index contributed by atoms with van der Waals surface area (Å²) in [5.74, 6) is -0.0734. The molecule has 3 heterocycles. The average molecular weight is 505 g/mol. The zero-order valence-corrected chi connectivity index (χ0v) is 19.9. The van der Waals surface area contributed by atoms with Gasteiger partial charge in [-0.15, -0.1) is 0 Å². The Labute approximate surface area is 211 Å². The quantitative estimate of drug-likeness (QED) is 0.250. The Balaban J connectivity index is 1.32. The molecule has 1 aliphatic heterocycles. The molecule has 1 amide bonds. The third-order valence-corrected chi connectivity index (χ3v) is 6.14. The van der Waals surface area contributed by atoms with Crippen LogP contribution in [0.25, 0.3) is 22.5 Å². The molecule has 2 aromatic heterocycles. The lowest BCUT2D eigenvalue weighted by Gasteiger charge is -2.11. The van der Waals surface area contributed by atoms with Gasteiger partial charge in [0.25, 0.3) is 5.91 Å². The number of pyridine rings is 1. The van der Waals surface area contributed by atoms with Crippen molar-refractivity contribution < 1.29 is 22.8 Å². The number of carbonyl (C=O) groups excluding carboxylic acids is 1. The van der Waals surface area contributed by atoms with Gasteiger partial charge in [0.05, 0.1) is 22.5 Å². The minimum absolute atomic E-state index is 0.0734. The van der Waals surface area contributed by atoms with E-state index >= 15 is 0 Å². The summed E-state index contributed by atoms with van der Waals surface area (Å²) in [6.45, 7) is 2.30. The topological polar surface area (TPSA) is 79.4 Å². The molecule has 1 aliphatic rings. The van der Waals surface area contributed by atoms with Crippen molar-refractivity contribution in [3.63, 3.8) is 0 Å². The fourth-order valence-electron chi connectivity index (χ4n) is 4.20. The number of halogens is 3. The Kier molecular flexibility index (Phi) is 6.52. The number of carbonyl (C=O) groups is 1. The molecule has 6 nitrogen and oxygen atoms in total. The number of hydrogen-bond donors (Lipinski definition) is 2. The smallest absolute Gasteiger partial charge is 0.391 e. The van der Waals surface area contributed by atoms with E-state index in [1.54, 1.807) is 19.2 Å². The van der Waals surface area contributed by atoms with Crippen molar-refractivity contribution in [2.45, 2.75) is 26.1 Å². The molecule has 188 valence electrons. The molecule has 0 saturated heterocycles. The first kappa shape index (κ1) is 24.3. The number of oxime groups is 1. The van der Waals surface area contributed by atoms with Crippen molar-refractivity contribution >= 4 is 11.6 Å². The van der Waals surface area contributed by atoms with Crippen molar-refractivity contribution in [1.29, 1.82) is 0 Å². The van der Waals surface area contributed by atoms with Crippen LogP contribution in [0.1, 0.15) is 39.7 Å². The van der Waals surface area contributed by atoms with Crippen molar-refractivity contribution in [3.05, 3.63) is 101 Å². The van der Waals surface area contributed by atoms with Crippen LogP contribution in [-0.4, -0.2) is 28.1 Å². The third kappa shape index (κ3) is 5.40. The molecule has 0 aliphatic carbocycles. The second-order valence-electron chi connectivity index (χ2n) is 8.74. The lowest BCUT2D eigenvalue weighted by molar-refractivity contribution is -0.137. The van der Waals surface area contributed by atoms with Gasteiger partial charge in [-0.05, 0) is 54.4 Å². The van der Waals surface area contributed by atoms with Gasteiger partial charge in [0, 0.05) is 41.7 Å². The van der Waals surface area contributed by atoms with Gasteiger partial charge in [-0.3, -0.25) is 9.78 Å². The second kappa shape index (κ2) is 9.93. The van der Waals surface area contributed by atoms with Gasteiger partial charge in [-0.2, -0.15) is 13.2 Å². The number of aromatic amines is 1. The number of alkyl halides is 3. The normalized spacial score (nSPS) is 13.7. The Morgan fingerprint density at radius 1 is 1.05 bits per heavy atom. The summed E-state index contributed by atoms with van der Waals surface area (Å²) in [4.78, 5) is 25.3. The lowest BCUT2D eigenvalue weighted by Crippen LogP contribution is -2.31. The zero-order valence-electron chi connectivity index (χ0n) is 19.9. The summed E-state index contributed by atoms with van der Waals surface area (Å²) >= 11 is 0. The summed E-state index contributed by atoms with van der Waals surface area (Å²) in [5, 5.41) is 6.95. The molecule has 2 N–H and O–H groups in total. The lowest BCUT2D eigenvalue weighted by atomic mass is 10.0. The van der Waals surface area contributed by atoms with E-state index in [1.165, 1.54) is 6.07 Å². The number of amides is 1. The van der Waals surface area contributed by atoms with Crippen LogP contribution < -0.4 is 5.32 Å². The van der Waals surface area contributed by atoms with Crippen molar-refractivity contribution in [2.75, 3.05) is 6.54 Å². The van der Waals surface area contributed by atoms with Crippen LogP contribution >= 0.6 is 0 Å². The molecule has 0 atom stereocenters. The van der Waals surface area contributed by atoms with Crippen molar-refractivity contribution in [3.8, 4) is 22.5 Å². The van der Waals surface area contributed by atoms with Crippen LogP contribution in [0.3, 0.4) is 0 Å². The SMILES string of the molecule is CC(=NOCc1cccc(C(F)(F)F)c1)c1cccc(-c2cc(-c3cc4c([nH]3)CCNC4=O)ccn2)c1. The number of fused-ring (bicyclic) bond motifs is 1. The predicted molar refractivity (Wildman–Crippen MR) is 134 cm³/mol. The maximum atomic E-state index is 12.9.